The standard InChI is InChI=1S/C17H10Cl2N2O2/c1-9-14-15(21(20-9)11-5-3-2-4-6-11)12-7-10(18)8-13(19)16(12)23-17(14)22/h2-8H,1H3. The van der Waals surface area contributed by atoms with Crippen molar-refractivity contribution in [1.82, 2.24) is 9.78 Å². The zero-order valence-corrected chi connectivity index (χ0v) is 13.5. The van der Waals surface area contributed by atoms with E-state index >= 15 is 0 Å². The SMILES string of the molecule is Cc1nn(-c2ccccc2)c2c1c(=O)oc1c(Cl)cc(Cl)cc12. The minimum atomic E-state index is -0.462. The van der Waals surface area contributed by atoms with Gasteiger partial charge in [-0.3, -0.25) is 0 Å². The van der Waals surface area contributed by atoms with Crippen molar-refractivity contribution < 1.29 is 4.42 Å². The molecule has 114 valence electrons. The quantitative estimate of drug-likeness (QED) is 0.468. The highest BCUT2D eigenvalue weighted by molar-refractivity contribution is 6.38. The zero-order chi connectivity index (χ0) is 16.1. The molecular formula is C17H10Cl2N2O2. The van der Waals surface area contributed by atoms with E-state index in [-0.39, 0.29) is 0 Å². The molecule has 0 atom stereocenters. The van der Waals surface area contributed by atoms with Gasteiger partial charge in [0.1, 0.15) is 5.39 Å². The van der Waals surface area contributed by atoms with Crippen molar-refractivity contribution in [3.05, 3.63) is 68.6 Å². The first-order valence-electron chi connectivity index (χ1n) is 6.93. The fourth-order valence-corrected chi connectivity index (χ4v) is 3.29. The van der Waals surface area contributed by atoms with Crippen LogP contribution in [0.4, 0.5) is 0 Å². The second-order valence-corrected chi connectivity index (χ2v) is 6.05. The maximum atomic E-state index is 12.4. The van der Waals surface area contributed by atoms with Gasteiger partial charge in [0.15, 0.2) is 5.58 Å². The van der Waals surface area contributed by atoms with Crippen molar-refractivity contribution in [3.8, 4) is 5.69 Å². The highest BCUT2D eigenvalue weighted by Crippen LogP contribution is 2.33. The summed E-state index contributed by atoms with van der Waals surface area (Å²) in [7, 11) is 0. The molecule has 0 aliphatic carbocycles. The number of hydrogen-bond acceptors (Lipinski definition) is 3. The first kappa shape index (κ1) is 14.3. The lowest BCUT2D eigenvalue weighted by Gasteiger charge is -2.06. The van der Waals surface area contributed by atoms with E-state index in [0.717, 1.165) is 5.69 Å². The van der Waals surface area contributed by atoms with Gasteiger partial charge in [-0.25, -0.2) is 9.48 Å². The van der Waals surface area contributed by atoms with Crippen LogP contribution in [0.1, 0.15) is 5.69 Å². The third-order valence-corrected chi connectivity index (χ3v) is 4.22. The van der Waals surface area contributed by atoms with Gasteiger partial charge < -0.3 is 4.42 Å². The van der Waals surface area contributed by atoms with Crippen LogP contribution in [0, 0.1) is 6.92 Å². The monoisotopic (exact) mass is 344 g/mol. The summed E-state index contributed by atoms with van der Waals surface area (Å²) in [5, 5.41) is 6.35. The number of aromatic nitrogens is 2. The highest BCUT2D eigenvalue weighted by Gasteiger charge is 2.19. The number of benzene rings is 2. The molecule has 4 rings (SSSR count). The van der Waals surface area contributed by atoms with Crippen molar-refractivity contribution in [3.63, 3.8) is 0 Å². The summed E-state index contributed by atoms with van der Waals surface area (Å²) in [5.74, 6) is 0. The maximum Gasteiger partial charge on any atom is 0.347 e. The molecule has 0 aliphatic heterocycles. The summed E-state index contributed by atoms with van der Waals surface area (Å²) < 4.78 is 7.11. The minimum absolute atomic E-state index is 0.296. The third-order valence-electron chi connectivity index (χ3n) is 3.72. The Kier molecular flexibility index (Phi) is 3.18. The van der Waals surface area contributed by atoms with E-state index in [4.69, 9.17) is 27.6 Å². The summed E-state index contributed by atoms with van der Waals surface area (Å²) in [5.41, 5.74) is 1.93. The summed E-state index contributed by atoms with van der Waals surface area (Å²) in [6, 6.07) is 12.8. The van der Waals surface area contributed by atoms with Crippen LogP contribution >= 0.6 is 23.2 Å². The van der Waals surface area contributed by atoms with E-state index in [0.29, 0.717) is 37.6 Å². The van der Waals surface area contributed by atoms with E-state index < -0.39 is 5.63 Å². The van der Waals surface area contributed by atoms with Crippen LogP contribution in [-0.4, -0.2) is 9.78 Å². The Morgan fingerprint density at radius 3 is 2.61 bits per heavy atom. The van der Waals surface area contributed by atoms with Gasteiger partial charge in [0, 0.05) is 10.4 Å². The summed E-state index contributed by atoms with van der Waals surface area (Å²) in [6.45, 7) is 1.77. The van der Waals surface area contributed by atoms with Crippen LogP contribution in [-0.2, 0) is 0 Å². The Balaban J connectivity index is 2.28. The molecule has 4 nitrogen and oxygen atoms in total. The Labute approximate surface area is 140 Å². The van der Waals surface area contributed by atoms with Gasteiger partial charge in [-0.05, 0) is 31.2 Å². The lowest BCUT2D eigenvalue weighted by Crippen LogP contribution is -2.02. The lowest BCUT2D eigenvalue weighted by molar-refractivity contribution is 0.569. The van der Waals surface area contributed by atoms with Gasteiger partial charge in [0.2, 0.25) is 0 Å². The van der Waals surface area contributed by atoms with Crippen LogP contribution < -0.4 is 5.63 Å². The molecule has 6 heteroatoms. The fraction of sp³-hybridized carbons (Fsp3) is 0.0588. The molecule has 0 fully saturated rings. The second-order valence-electron chi connectivity index (χ2n) is 5.21. The Morgan fingerprint density at radius 2 is 1.87 bits per heavy atom. The third kappa shape index (κ3) is 2.14. The number of aryl methyl sites for hydroxylation is 1. The molecule has 0 spiro atoms. The molecule has 0 saturated carbocycles. The van der Waals surface area contributed by atoms with E-state index in [1.807, 2.05) is 30.3 Å². The molecule has 0 radical (unpaired) electrons. The highest BCUT2D eigenvalue weighted by atomic mass is 35.5. The number of rotatable bonds is 1. The molecule has 0 bridgehead atoms. The van der Waals surface area contributed by atoms with Gasteiger partial charge in [0.05, 0.1) is 21.9 Å². The first-order chi connectivity index (χ1) is 11.1. The molecule has 0 amide bonds. The molecule has 2 aromatic carbocycles. The predicted molar refractivity (Wildman–Crippen MR) is 91.9 cm³/mol. The fourth-order valence-electron chi connectivity index (χ4n) is 2.76. The average molecular weight is 345 g/mol. The van der Waals surface area contributed by atoms with Crippen LogP contribution in [0.25, 0.3) is 27.6 Å². The number of para-hydroxylation sites is 1. The Hall–Kier alpha value is -2.30. The molecule has 4 aromatic rings. The normalized spacial score (nSPS) is 11.4. The first-order valence-corrected chi connectivity index (χ1v) is 7.68. The molecule has 0 aliphatic rings. The number of nitrogens with zero attached hydrogens (tertiary/aromatic N) is 2. The zero-order valence-electron chi connectivity index (χ0n) is 12.0. The summed E-state index contributed by atoms with van der Waals surface area (Å²) >= 11 is 12.3. The van der Waals surface area contributed by atoms with Gasteiger partial charge in [0.25, 0.3) is 0 Å². The van der Waals surface area contributed by atoms with E-state index in [1.54, 1.807) is 23.7 Å². The largest absolute Gasteiger partial charge is 0.420 e. The lowest BCUT2D eigenvalue weighted by atomic mass is 10.1. The predicted octanol–water partition coefficient (Wildman–Crippen LogP) is 4.75. The van der Waals surface area contributed by atoms with Gasteiger partial charge in [-0.2, -0.15) is 5.10 Å². The van der Waals surface area contributed by atoms with Gasteiger partial charge in [-0.1, -0.05) is 41.4 Å². The van der Waals surface area contributed by atoms with Crippen LogP contribution in [0.2, 0.25) is 10.0 Å². The van der Waals surface area contributed by atoms with Crippen LogP contribution in [0.15, 0.2) is 51.7 Å². The van der Waals surface area contributed by atoms with Crippen molar-refractivity contribution in [1.29, 1.82) is 0 Å². The molecule has 0 N–H and O–H groups in total. The molecule has 23 heavy (non-hydrogen) atoms. The van der Waals surface area contributed by atoms with Gasteiger partial charge >= 0.3 is 5.63 Å². The minimum Gasteiger partial charge on any atom is -0.420 e. The average Bonchev–Trinajstić information content (AvgIpc) is 2.88. The summed E-state index contributed by atoms with van der Waals surface area (Å²) in [6.07, 6.45) is 0. The van der Waals surface area contributed by atoms with Crippen molar-refractivity contribution in [2.75, 3.05) is 0 Å². The number of hydrogen-bond donors (Lipinski definition) is 0. The van der Waals surface area contributed by atoms with E-state index in [2.05, 4.69) is 5.10 Å². The topological polar surface area (TPSA) is 48.0 Å². The summed E-state index contributed by atoms with van der Waals surface area (Å²) in [4.78, 5) is 12.4. The number of halogens is 2. The molecule has 0 unspecified atom stereocenters. The van der Waals surface area contributed by atoms with Crippen molar-refractivity contribution in [2.45, 2.75) is 6.92 Å². The van der Waals surface area contributed by atoms with E-state index in [9.17, 15) is 4.79 Å². The molecule has 0 saturated heterocycles. The van der Waals surface area contributed by atoms with Crippen LogP contribution in [0.5, 0.6) is 0 Å². The molecular weight excluding hydrogens is 335 g/mol. The second kappa shape index (κ2) is 5.11. The van der Waals surface area contributed by atoms with Gasteiger partial charge in [-0.15, -0.1) is 0 Å². The smallest absolute Gasteiger partial charge is 0.347 e. The van der Waals surface area contributed by atoms with Crippen molar-refractivity contribution in [2.24, 2.45) is 0 Å². The maximum absolute atomic E-state index is 12.4. The molecule has 2 heterocycles. The molecule has 2 aromatic heterocycles. The number of fused-ring (bicyclic) bond motifs is 3. The Bertz CT molecular complexity index is 1110. The Morgan fingerprint density at radius 1 is 1.13 bits per heavy atom. The van der Waals surface area contributed by atoms with E-state index in [1.165, 1.54) is 0 Å². The van der Waals surface area contributed by atoms with Crippen LogP contribution in [0.3, 0.4) is 0 Å². The van der Waals surface area contributed by atoms with Crippen molar-refractivity contribution >= 4 is 45.1 Å².